The van der Waals surface area contributed by atoms with Gasteiger partial charge in [-0.3, -0.25) is 0 Å². The molecule has 4 heteroatoms. The molecule has 0 saturated carbocycles. The van der Waals surface area contributed by atoms with E-state index in [0.29, 0.717) is 0 Å². The van der Waals surface area contributed by atoms with Crippen molar-refractivity contribution >= 4 is 30.1 Å². The third-order valence-electron chi connectivity index (χ3n) is 4.48. The van der Waals surface area contributed by atoms with E-state index in [9.17, 15) is 0 Å². The molecule has 0 fully saturated rings. The van der Waals surface area contributed by atoms with Crippen molar-refractivity contribution in [2.45, 2.75) is 58.9 Å². The van der Waals surface area contributed by atoms with Crippen LogP contribution in [-0.4, -0.2) is 30.1 Å². The standard InChI is InChI=1S/C12H10.C9H28Si4/c1-3-7-11(8-4-1)12-9-5-2-6-10-12;1-11(2,3)10(12(4,5)6)13(7,8)9/h1-10H;10H,1-9H3. The summed E-state index contributed by atoms with van der Waals surface area (Å²) in [6, 6.07) is 20.8. The molecule has 0 unspecified atom stereocenters. The fourth-order valence-electron chi connectivity index (χ4n) is 5.16. The molecule has 2 aromatic rings. The van der Waals surface area contributed by atoms with Crippen LogP contribution in [-0.2, 0) is 0 Å². The van der Waals surface area contributed by atoms with Crippen molar-refractivity contribution in [1.82, 2.24) is 0 Å². The number of hydrogen-bond donors (Lipinski definition) is 0. The quantitative estimate of drug-likeness (QED) is 0.492. The Hall–Kier alpha value is -0.692. The summed E-state index contributed by atoms with van der Waals surface area (Å²) >= 11 is 0. The van der Waals surface area contributed by atoms with Crippen LogP contribution in [0.25, 0.3) is 11.1 Å². The van der Waals surface area contributed by atoms with Crippen molar-refractivity contribution < 1.29 is 0 Å². The molecule has 2 aromatic carbocycles. The highest BCUT2D eigenvalue weighted by atomic mass is 29.9. The molecule has 138 valence electrons. The van der Waals surface area contributed by atoms with Crippen molar-refractivity contribution in [2.24, 2.45) is 0 Å². The second-order valence-corrected chi connectivity index (χ2v) is 51.3. The van der Waals surface area contributed by atoms with Crippen LogP contribution in [0.3, 0.4) is 0 Å². The Balaban J connectivity index is 0.000000250. The van der Waals surface area contributed by atoms with Gasteiger partial charge in [-0.05, 0) is 11.1 Å². The van der Waals surface area contributed by atoms with E-state index >= 15 is 0 Å². The maximum absolute atomic E-state index is 2.63. The van der Waals surface area contributed by atoms with E-state index in [-0.39, 0.29) is 7.35 Å². The molecule has 0 spiro atoms. The normalized spacial score (nSPS) is 12.6. The smallest absolute Gasteiger partial charge is 0.0300 e. The lowest BCUT2D eigenvalue weighted by Gasteiger charge is -2.45. The second kappa shape index (κ2) is 8.80. The average Bonchev–Trinajstić information content (AvgIpc) is 2.45. The minimum Gasteiger partial charge on any atom is -0.0721 e. The first-order chi connectivity index (χ1) is 11.3. The first-order valence-electron chi connectivity index (χ1n) is 9.44. The molecule has 0 amide bonds. The van der Waals surface area contributed by atoms with E-state index in [0.717, 1.165) is 0 Å². The topological polar surface area (TPSA) is 0 Å². The van der Waals surface area contributed by atoms with Crippen molar-refractivity contribution in [3.63, 3.8) is 0 Å². The van der Waals surface area contributed by atoms with Crippen LogP contribution in [0, 0.1) is 0 Å². The molecule has 0 atom stereocenters. The van der Waals surface area contributed by atoms with Crippen molar-refractivity contribution in [3.8, 4) is 11.1 Å². The van der Waals surface area contributed by atoms with Crippen LogP contribution in [0.15, 0.2) is 60.7 Å². The van der Waals surface area contributed by atoms with E-state index < -0.39 is 22.8 Å². The Kier molecular flexibility index (Phi) is 7.87. The molecule has 0 nitrogen and oxygen atoms in total. The van der Waals surface area contributed by atoms with Gasteiger partial charge in [-0.1, -0.05) is 120 Å². The van der Waals surface area contributed by atoms with Gasteiger partial charge in [0, 0.05) is 30.1 Å². The van der Waals surface area contributed by atoms with Gasteiger partial charge in [0.15, 0.2) is 0 Å². The van der Waals surface area contributed by atoms with Gasteiger partial charge in [-0.25, -0.2) is 0 Å². The molecule has 0 aliphatic rings. The zero-order chi connectivity index (χ0) is 19.3. The highest BCUT2D eigenvalue weighted by Crippen LogP contribution is 2.25. The highest BCUT2D eigenvalue weighted by Gasteiger charge is 2.46. The molecule has 0 N–H and O–H groups in total. The van der Waals surface area contributed by atoms with Gasteiger partial charge in [-0.2, -0.15) is 0 Å². The molecule has 0 radical (unpaired) electrons. The molecule has 0 aromatic heterocycles. The molecule has 0 heterocycles. The van der Waals surface area contributed by atoms with E-state index in [1.807, 2.05) is 12.1 Å². The summed E-state index contributed by atoms with van der Waals surface area (Å²) in [7, 11) is -2.77. The van der Waals surface area contributed by atoms with Gasteiger partial charge in [-0.15, -0.1) is 0 Å². The number of hydrogen-bond acceptors (Lipinski definition) is 0. The van der Waals surface area contributed by atoms with Crippen LogP contribution >= 0.6 is 0 Å². The molecule has 25 heavy (non-hydrogen) atoms. The third kappa shape index (κ3) is 7.60. The van der Waals surface area contributed by atoms with Gasteiger partial charge in [0.1, 0.15) is 0 Å². The van der Waals surface area contributed by atoms with Gasteiger partial charge in [0.05, 0.1) is 0 Å². The number of benzene rings is 2. The SMILES string of the molecule is C[Si](C)(C)[SiH]([Si](C)(C)C)[Si](C)(C)C.c1ccc(-c2ccccc2)cc1. The van der Waals surface area contributed by atoms with Gasteiger partial charge in [0.25, 0.3) is 0 Å². The predicted molar refractivity (Wildman–Crippen MR) is 129 cm³/mol. The fraction of sp³-hybridized carbons (Fsp3) is 0.429. The van der Waals surface area contributed by atoms with E-state index in [2.05, 4.69) is 107 Å². The summed E-state index contributed by atoms with van der Waals surface area (Å²) in [6.07, 6.45) is 0. The minimum absolute atomic E-state index is 0.382. The Bertz CT molecular complexity index is 546. The van der Waals surface area contributed by atoms with Crippen molar-refractivity contribution in [1.29, 1.82) is 0 Å². The Morgan fingerprint density at radius 3 is 0.840 bits per heavy atom. The van der Waals surface area contributed by atoms with Crippen LogP contribution in [0.2, 0.25) is 58.9 Å². The summed E-state index contributed by atoms with van der Waals surface area (Å²) in [5.74, 6) is 0. The average molecular weight is 403 g/mol. The molecular weight excluding hydrogens is 365 g/mol. The number of rotatable bonds is 4. The maximum atomic E-state index is 2.63. The van der Waals surface area contributed by atoms with E-state index in [4.69, 9.17) is 0 Å². The second-order valence-electron chi connectivity index (χ2n) is 10.3. The monoisotopic (exact) mass is 402 g/mol. The molecule has 0 aliphatic heterocycles. The summed E-state index contributed by atoms with van der Waals surface area (Å²) < 4.78 is 0. The molecule has 0 saturated heterocycles. The minimum atomic E-state index is -0.795. The van der Waals surface area contributed by atoms with Crippen LogP contribution in [0.5, 0.6) is 0 Å². The Labute approximate surface area is 160 Å². The van der Waals surface area contributed by atoms with Gasteiger partial charge < -0.3 is 0 Å². The van der Waals surface area contributed by atoms with Crippen LogP contribution < -0.4 is 0 Å². The Morgan fingerprint density at radius 2 is 0.680 bits per heavy atom. The lowest BCUT2D eigenvalue weighted by atomic mass is 10.1. The van der Waals surface area contributed by atoms with Gasteiger partial charge in [0.2, 0.25) is 0 Å². The predicted octanol–water partition coefficient (Wildman–Crippen LogP) is 6.82. The van der Waals surface area contributed by atoms with Crippen molar-refractivity contribution in [2.75, 3.05) is 0 Å². The summed E-state index contributed by atoms with van der Waals surface area (Å²) in [4.78, 5) is 0. The Morgan fingerprint density at radius 1 is 0.440 bits per heavy atom. The summed E-state index contributed by atoms with van der Waals surface area (Å²) in [5.41, 5.74) is 2.55. The maximum Gasteiger partial charge on any atom is 0.0300 e. The highest BCUT2D eigenvalue weighted by molar-refractivity contribution is 7.81. The largest absolute Gasteiger partial charge is 0.0721 e. The molecular formula is C21H38Si4. The zero-order valence-corrected chi connectivity index (χ0v) is 22.0. The first-order valence-corrected chi connectivity index (χ1v) is 25.4. The third-order valence-corrected chi connectivity index (χ3v) is 72.0. The van der Waals surface area contributed by atoms with Crippen LogP contribution in [0.1, 0.15) is 0 Å². The first kappa shape index (κ1) is 22.3. The molecule has 0 bridgehead atoms. The van der Waals surface area contributed by atoms with E-state index in [1.165, 1.54) is 11.1 Å². The molecule has 0 aliphatic carbocycles. The van der Waals surface area contributed by atoms with E-state index in [1.54, 1.807) is 0 Å². The van der Waals surface area contributed by atoms with Crippen LogP contribution in [0.4, 0.5) is 0 Å². The van der Waals surface area contributed by atoms with Gasteiger partial charge >= 0.3 is 0 Å². The fourth-order valence-corrected chi connectivity index (χ4v) is 106. The van der Waals surface area contributed by atoms with Crippen molar-refractivity contribution in [3.05, 3.63) is 60.7 Å². The lowest BCUT2D eigenvalue weighted by Crippen LogP contribution is -2.70. The summed E-state index contributed by atoms with van der Waals surface area (Å²) in [5, 5.41) is 0. The lowest BCUT2D eigenvalue weighted by molar-refractivity contribution is 1.62. The molecule has 2 rings (SSSR count). The summed E-state index contributed by atoms with van der Waals surface area (Å²) in [6.45, 7) is 23.6. The zero-order valence-electron chi connectivity index (χ0n) is 17.9.